The lowest BCUT2D eigenvalue weighted by Crippen LogP contribution is -2.11. The summed E-state index contributed by atoms with van der Waals surface area (Å²) in [5, 5.41) is 0.581. The highest BCUT2D eigenvalue weighted by molar-refractivity contribution is 6.31. The molecule has 0 aliphatic heterocycles. The van der Waals surface area contributed by atoms with Crippen LogP contribution in [0.4, 0.5) is 0 Å². The lowest BCUT2D eigenvalue weighted by molar-refractivity contribution is 0.415. The highest BCUT2D eigenvalue weighted by atomic mass is 35.5. The topological polar surface area (TPSA) is 55.0 Å². The third-order valence-corrected chi connectivity index (χ3v) is 3.47. The van der Waals surface area contributed by atoms with E-state index in [-0.39, 0.29) is 5.56 Å². The Balaban J connectivity index is 1.96. The predicted molar refractivity (Wildman–Crippen MR) is 89.3 cm³/mol. The van der Waals surface area contributed by atoms with E-state index in [1.165, 1.54) is 0 Å². The van der Waals surface area contributed by atoms with Crippen LogP contribution in [0.25, 0.3) is 23.2 Å². The maximum absolute atomic E-state index is 12.0. The molecule has 3 aromatic rings. The molecular weight excluding hydrogens is 300 g/mol. The largest absolute Gasteiger partial charge is 0.497 e. The first-order valence-electron chi connectivity index (χ1n) is 6.67. The molecule has 2 aromatic carbocycles. The van der Waals surface area contributed by atoms with Crippen LogP contribution in [-0.2, 0) is 0 Å². The van der Waals surface area contributed by atoms with E-state index in [0.717, 1.165) is 11.3 Å². The highest BCUT2D eigenvalue weighted by Crippen LogP contribution is 2.16. The summed E-state index contributed by atoms with van der Waals surface area (Å²) >= 11 is 5.95. The number of methoxy groups -OCH3 is 1. The van der Waals surface area contributed by atoms with Crippen LogP contribution in [0.5, 0.6) is 5.75 Å². The van der Waals surface area contributed by atoms with Gasteiger partial charge in [0.25, 0.3) is 5.56 Å². The zero-order valence-electron chi connectivity index (χ0n) is 11.8. The van der Waals surface area contributed by atoms with E-state index in [1.807, 2.05) is 30.3 Å². The molecule has 0 aliphatic rings. The van der Waals surface area contributed by atoms with Crippen molar-refractivity contribution < 1.29 is 4.74 Å². The predicted octanol–water partition coefficient (Wildman–Crippen LogP) is 3.76. The molecule has 0 fully saturated rings. The van der Waals surface area contributed by atoms with Gasteiger partial charge in [-0.1, -0.05) is 29.8 Å². The highest BCUT2D eigenvalue weighted by Gasteiger charge is 2.02. The van der Waals surface area contributed by atoms with Gasteiger partial charge in [0.15, 0.2) is 0 Å². The van der Waals surface area contributed by atoms with Gasteiger partial charge in [0.05, 0.1) is 18.1 Å². The summed E-state index contributed by atoms with van der Waals surface area (Å²) < 4.78 is 5.11. The average molecular weight is 313 g/mol. The third-order valence-electron chi connectivity index (χ3n) is 3.23. The van der Waals surface area contributed by atoms with Crippen LogP contribution in [0.3, 0.4) is 0 Å². The second kappa shape index (κ2) is 6.03. The monoisotopic (exact) mass is 312 g/mol. The van der Waals surface area contributed by atoms with Crippen molar-refractivity contribution in [2.24, 2.45) is 0 Å². The van der Waals surface area contributed by atoms with Gasteiger partial charge in [-0.2, -0.15) is 0 Å². The van der Waals surface area contributed by atoms with Crippen LogP contribution in [0.15, 0.2) is 47.3 Å². The van der Waals surface area contributed by atoms with E-state index >= 15 is 0 Å². The number of fused-ring (bicyclic) bond motifs is 1. The molecule has 1 N–H and O–H groups in total. The first kappa shape index (κ1) is 14.4. The molecule has 0 amide bonds. The smallest absolute Gasteiger partial charge is 0.274 e. The van der Waals surface area contributed by atoms with Crippen molar-refractivity contribution in [1.82, 2.24) is 9.97 Å². The SMILES string of the molecule is COc1ccc(C=Cc2nc3cc(Cl)ccc3[nH]c2=O)cc1. The Morgan fingerprint density at radius 3 is 2.64 bits per heavy atom. The fraction of sp³-hybridized carbons (Fsp3) is 0.0588. The van der Waals surface area contributed by atoms with Crippen LogP contribution in [0.1, 0.15) is 11.3 Å². The second-order valence-corrected chi connectivity index (χ2v) is 5.16. The van der Waals surface area contributed by atoms with Gasteiger partial charge in [-0.05, 0) is 42.0 Å². The molecule has 0 spiro atoms. The normalized spacial score (nSPS) is 11.2. The second-order valence-electron chi connectivity index (χ2n) is 4.72. The maximum Gasteiger partial charge on any atom is 0.274 e. The number of H-pyrrole nitrogens is 1. The molecule has 110 valence electrons. The zero-order valence-corrected chi connectivity index (χ0v) is 12.6. The van der Waals surface area contributed by atoms with E-state index in [4.69, 9.17) is 16.3 Å². The van der Waals surface area contributed by atoms with Crippen LogP contribution < -0.4 is 10.3 Å². The number of nitrogens with one attached hydrogen (secondary N) is 1. The number of halogens is 1. The van der Waals surface area contributed by atoms with Crippen LogP contribution >= 0.6 is 11.6 Å². The Hall–Kier alpha value is -2.59. The van der Waals surface area contributed by atoms with Crippen LogP contribution in [-0.4, -0.2) is 17.1 Å². The standard InChI is InChI=1S/C17H13ClN2O2/c1-22-13-6-2-11(3-7-13)4-8-15-17(21)20-14-9-5-12(18)10-16(14)19-15/h2-10H,1H3,(H,20,21). The summed E-state index contributed by atoms with van der Waals surface area (Å²) in [5.41, 5.74) is 2.37. The number of hydrogen-bond acceptors (Lipinski definition) is 3. The van der Waals surface area contributed by atoms with Gasteiger partial charge in [0.2, 0.25) is 0 Å². The quantitative estimate of drug-likeness (QED) is 0.801. The molecule has 0 aliphatic carbocycles. The Bertz CT molecular complexity index is 899. The van der Waals surface area contributed by atoms with Gasteiger partial charge in [-0.25, -0.2) is 4.98 Å². The molecule has 4 nitrogen and oxygen atoms in total. The number of hydrogen-bond donors (Lipinski definition) is 1. The van der Waals surface area contributed by atoms with Crippen LogP contribution in [0, 0.1) is 0 Å². The van der Waals surface area contributed by atoms with E-state index in [1.54, 1.807) is 31.4 Å². The van der Waals surface area contributed by atoms with Crippen molar-refractivity contribution in [2.45, 2.75) is 0 Å². The van der Waals surface area contributed by atoms with Crippen molar-refractivity contribution >= 4 is 34.8 Å². The minimum absolute atomic E-state index is 0.236. The average Bonchev–Trinajstić information content (AvgIpc) is 2.54. The fourth-order valence-corrected chi connectivity index (χ4v) is 2.24. The van der Waals surface area contributed by atoms with Crippen molar-refractivity contribution in [3.63, 3.8) is 0 Å². The molecule has 0 saturated heterocycles. The zero-order chi connectivity index (χ0) is 15.5. The third kappa shape index (κ3) is 3.02. The van der Waals surface area contributed by atoms with Crippen molar-refractivity contribution in [3.8, 4) is 5.75 Å². The summed E-state index contributed by atoms with van der Waals surface area (Å²) in [7, 11) is 1.62. The minimum Gasteiger partial charge on any atom is -0.497 e. The lowest BCUT2D eigenvalue weighted by Gasteiger charge is -2.00. The first-order valence-corrected chi connectivity index (χ1v) is 7.05. The molecule has 0 saturated carbocycles. The number of aromatic nitrogens is 2. The molecular formula is C17H13ClN2O2. The number of nitrogens with zero attached hydrogens (tertiary/aromatic N) is 1. The number of aromatic amines is 1. The van der Waals surface area contributed by atoms with Gasteiger partial charge < -0.3 is 9.72 Å². The van der Waals surface area contributed by atoms with Crippen molar-refractivity contribution in [3.05, 3.63) is 69.1 Å². The Kier molecular flexibility index (Phi) is 3.94. The molecule has 22 heavy (non-hydrogen) atoms. The lowest BCUT2D eigenvalue weighted by atomic mass is 10.2. The molecule has 3 rings (SSSR count). The first-order chi connectivity index (χ1) is 10.7. The van der Waals surface area contributed by atoms with Gasteiger partial charge in [0.1, 0.15) is 11.4 Å². The Morgan fingerprint density at radius 2 is 1.91 bits per heavy atom. The fourth-order valence-electron chi connectivity index (χ4n) is 2.07. The summed E-state index contributed by atoms with van der Waals surface area (Å²) in [5.74, 6) is 0.786. The van der Waals surface area contributed by atoms with Crippen molar-refractivity contribution in [2.75, 3.05) is 7.11 Å². The summed E-state index contributed by atoms with van der Waals surface area (Å²) in [6, 6.07) is 12.7. The van der Waals surface area contributed by atoms with Gasteiger partial charge in [0, 0.05) is 5.02 Å². The maximum atomic E-state index is 12.0. The van der Waals surface area contributed by atoms with E-state index in [0.29, 0.717) is 21.7 Å². The summed E-state index contributed by atoms with van der Waals surface area (Å²) in [6.45, 7) is 0. The summed E-state index contributed by atoms with van der Waals surface area (Å²) in [4.78, 5) is 19.2. The Labute approximate surface area is 132 Å². The Morgan fingerprint density at radius 1 is 1.14 bits per heavy atom. The van der Waals surface area contributed by atoms with E-state index < -0.39 is 0 Å². The van der Waals surface area contributed by atoms with Crippen molar-refractivity contribution in [1.29, 1.82) is 0 Å². The summed E-state index contributed by atoms with van der Waals surface area (Å²) in [6.07, 6.45) is 3.51. The van der Waals surface area contributed by atoms with Gasteiger partial charge >= 0.3 is 0 Å². The molecule has 0 bridgehead atoms. The molecule has 1 heterocycles. The molecule has 0 radical (unpaired) electrons. The molecule has 0 unspecified atom stereocenters. The molecule has 0 atom stereocenters. The molecule has 1 aromatic heterocycles. The van der Waals surface area contributed by atoms with E-state index in [9.17, 15) is 4.79 Å². The number of ether oxygens (including phenoxy) is 1. The van der Waals surface area contributed by atoms with Gasteiger partial charge in [-0.15, -0.1) is 0 Å². The minimum atomic E-state index is -0.236. The van der Waals surface area contributed by atoms with Gasteiger partial charge in [-0.3, -0.25) is 4.79 Å². The molecule has 5 heteroatoms. The number of benzene rings is 2. The van der Waals surface area contributed by atoms with Crippen LogP contribution in [0.2, 0.25) is 5.02 Å². The number of rotatable bonds is 3. The van der Waals surface area contributed by atoms with E-state index in [2.05, 4.69) is 9.97 Å².